The molecule has 478 valence electrons. The van der Waals surface area contributed by atoms with Crippen molar-refractivity contribution in [1.82, 2.24) is 34.8 Å². The van der Waals surface area contributed by atoms with Crippen molar-refractivity contribution < 1.29 is 42.1 Å². The molecule has 90 heavy (non-hydrogen) atoms. The first-order valence-electron chi connectivity index (χ1n) is 31.9. The van der Waals surface area contributed by atoms with E-state index < -0.39 is 23.6 Å². The Hall–Kier alpha value is -8.08. The van der Waals surface area contributed by atoms with Gasteiger partial charge >= 0.3 is 6.09 Å². The fourth-order valence-electron chi connectivity index (χ4n) is 11.1. The molecule has 0 spiro atoms. The summed E-state index contributed by atoms with van der Waals surface area (Å²) in [6.07, 6.45) is 16.3. The predicted molar refractivity (Wildman–Crippen MR) is 357 cm³/mol. The molecule has 5 heterocycles. The van der Waals surface area contributed by atoms with Crippen LogP contribution in [0.5, 0.6) is 11.8 Å². The monoisotopic (exact) mass is 1250 g/mol. The summed E-state index contributed by atoms with van der Waals surface area (Å²) >= 11 is 0. The molecule has 1 amide bonds. The van der Waals surface area contributed by atoms with E-state index in [1.165, 1.54) is 0 Å². The van der Waals surface area contributed by atoms with Gasteiger partial charge in [0, 0.05) is 74.5 Å². The molecule has 0 bridgehead atoms. The zero-order valence-electron chi connectivity index (χ0n) is 53.3. The molecule has 1 unspecified atom stereocenters. The van der Waals surface area contributed by atoms with Crippen LogP contribution >= 0.6 is 12.4 Å². The number of amides is 1. The largest absolute Gasteiger partial charge is 0.478 e. The van der Waals surface area contributed by atoms with Gasteiger partial charge in [-0.1, -0.05) is 120 Å². The van der Waals surface area contributed by atoms with Gasteiger partial charge in [-0.2, -0.15) is 13.9 Å². The van der Waals surface area contributed by atoms with Crippen molar-refractivity contribution in [3.8, 4) is 11.8 Å². The second-order valence-electron chi connectivity index (χ2n) is 23.4. The van der Waals surface area contributed by atoms with Crippen molar-refractivity contribution in [2.24, 2.45) is 0 Å². The van der Waals surface area contributed by atoms with E-state index in [0.29, 0.717) is 104 Å². The minimum Gasteiger partial charge on any atom is -0.478 e. The van der Waals surface area contributed by atoms with Crippen LogP contribution in [0.4, 0.5) is 13.6 Å². The Morgan fingerprint density at radius 3 is 1.70 bits per heavy atom. The summed E-state index contributed by atoms with van der Waals surface area (Å²) in [5.41, 5.74) is 10.7. The molecule has 1 N–H and O–H groups in total. The van der Waals surface area contributed by atoms with E-state index in [1.54, 1.807) is 15.8 Å². The number of aromatic amines is 1. The van der Waals surface area contributed by atoms with Crippen LogP contribution in [-0.4, -0.2) is 91.0 Å². The van der Waals surface area contributed by atoms with E-state index in [9.17, 15) is 18.8 Å². The van der Waals surface area contributed by atoms with Crippen LogP contribution in [-0.2, 0) is 19.1 Å². The first-order valence-corrected chi connectivity index (χ1v) is 31.9. The standard InChI is InChI=1S/C41H51FN4O5.C32H36FN3O2.ClH/c1-6-32(47)17-11-13-23-45(40(48)51-41(3,4)5)24-26-49-36-22-20-31(28-43-36)38(33(7-2)29-15-9-8-10-16-29)30-19-21-35-34(27-30)39(42)44-46(35)37-18-12-14-25-50-37;1-3-26(37)15-11-6-5-7-12-20-38-30-19-17-25(22-34-30)31(27(4-2)23-13-9-8-10-14-23)24-16-18-29-28(21-24)32(33)36-35-29;/h8-10,15-16,19-22,27-28,37H,6-7,11-14,17-18,23-26H2,1-5H3;8-10,13-14,16-19,21-22H,3-7,11-12,15,20H2,1-2H3,(H,35,36);1H/b38-33-;31-27-;. The number of halogens is 3. The minimum absolute atomic E-state index is 0. The molecule has 0 saturated carbocycles. The molecule has 4 aromatic heterocycles. The first kappa shape index (κ1) is 69.4. The van der Waals surface area contributed by atoms with Gasteiger partial charge in [0.05, 0.1) is 35.0 Å². The number of benzene rings is 4. The van der Waals surface area contributed by atoms with Gasteiger partial charge in [-0.25, -0.2) is 19.4 Å². The number of carbonyl (C=O) groups is 3. The minimum atomic E-state index is -0.630. The number of unbranched alkanes of at least 4 members (excludes halogenated alkanes) is 5. The van der Waals surface area contributed by atoms with Crippen LogP contribution in [0, 0.1) is 11.9 Å². The fraction of sp³-hybridized carbons (Fsp3) is 0.411. The molecule has 1 fully saturated rings. The summed E-state index contributed by atoms with van der Waals surface area (Å²) in [6, 6.07) is 39.7. The van der Waals surface area contributed by atoms with Crippen molar-refractivity contribution >= 4 is 74.2 Å². The maximum Gasteiger partial charge on any atom is 0.410 e. The topological polar surface area (TPSA) is 164 Å². The average Bonchev–Trinajstić information content (AvgIpc) is 1.63. The molecule has 0 radical (unpaired) electrons. The Bertz CT molecular complexity index is 3630. The lowest BCUT2D eigenvalue weighted by atomic mass is 9.88. The molecule has 1 aliphatic heterocycles. The number of nitrogens with one attached hydrogen (secondary N) is 1. The highest BCUT2D eigenvalue weighted by Crippen LogP contribution is 2.39. The summed E-state index contributed by atoms with van der Waals surface area (Å²) in [5, 5.41) is 11.6. The van der Waals surface area contributed by atoms with Crippen molar-refractivity contribution in [2.45, 2.75) is 163 Å². The van der Waals surface area contributed by atoms with Crippen LogP contribution in [0.15, 0.2) is 134 Å². The lowest BCUT2D eigenvalue weighted by Crippen LogP contribution is -2.39. The third-order valence-corrected chi connectivity index (χ3v) is 15.8. The Kier molecular flexibility index (Phi) is 26.8. The van der Waals surface area contributed by atoms with Crippen LogP contribution in [0.2, 0.25) is 0 Å². The highest BCUT2D eigenvalue weighted by atomic mass is 35.5. The van der Waals surface area contributed by atoms with Gasteiger partial charge < -0.3 is 23.8 Å². The number of pyridine rings is 2. The summed E-state index contributed by atoms with van der Waals surface area (Å²) in [5.74, 6) is 0.632. The predicted octanol–water partition coefficient (Wildman–Crippen LogP) is 18.0. The van der Waals surface area contributed by atoms with Gasteiger partial charge in [-0.05, 0) is 160 Å². The van der Waals surface area contributed by atoms with E-state index in [2.05, 4.69) is 63.4 Å². The zero-order chi connectivity index (χ0) is 63.1. The fourth-order valence-corrected chi connectivity index (χ4v) is 11.1. The maximum atomic E-state index is 15.4. The number of rotatable bonds is 29. The number of ketones is 2. The van der Waals surface area contributed by atoms with E-state index in [4.69, 9.17) is 18.9 Å². The molecule has 1 aliphatic rings. The van der Waals surface area contributed by atoms with Gasteiger partial charge in [0.2, 0.25) is 23.7 Å². The number of H-pyrrole nitrogens is 1. The number of aromatic nitrogens is 6. The summed E-state index contributed by atoms with van der Waals surface area (Å²) < 4.78 is 54.9. The van der Waals surface area contributed by atoms with E-state index in [-0.39, 0.29) is 31.0 Å². The average molecular weight is 1250 g/mol. The van der Waals surface area contributed by atoms with Crippen molar-refractivity contribution in [1.29, 1.82) is 0 Å². The zero-order valence-corrected chi connectivity index (χ0v) is 54.1. The summed E-state index contributed by atoms with van der Waals surface area (Å²) in [4.78, 5) is 47.0. The number of hydrogen-bond donors (Lipinski definition) is 1. The van der Waals surface area contributed by atoms with Crippen molar-refractivity contribution in [2.75, 3.05) is 32.9 Å². The smallest absolute Gasteiger partial charge is 0.410 e. The Balaban J connectivity index is 0.000000264. The third kappa shape index (κ3) is 19.5. The van der Waals surface area contributed by atoms with Crippen molar-refractivity contribution in [3.63, 3.8) is 0 Å². The van der Waals surface area contributed by atoms with Gasteiger partial charge in [0.1, 0.15) is 23.8 Å². The molecule has 17 heteroatoms. The number of hydrogen-bond acceptors (Lipinski definition) is 11. The SMILES string of the molecule is CCC(=O)CCCCCCCOc1ccc(/C(=C(/CC)c2ccccc2)c2ccc3n[nH]c(F)c3c2)cn1.CCC(=O)CCCCN(CCOc1ccc(/C(=C(/CC)c2ccccc2)c2ccc3c(c2)c(F)nn3C2CCCCO2)cn1)C(=O)OC(C)(C)C.Cl. The van der Waals surface area contributed by atoms with Crippen LogP contribution < -0.4 is 9.47 Å². The van der Waals surface area contributed by atoms with Crippen LogP contribution in [0.3, 0.4) is 0 Å². The number of carbonyl (C=O) groups excluding carboxylic acids is 3. The molecular formula is C73H88ClF2N7O7. The maximum absolute atomic E-state index is 15.4. The molecule has 1 saturated heterocycles. The summed E-state index contributed by atoms with van der Waals surface area (Å²) in [6.45, 7) is 15.8. The molecule has 0 aliphatic carbocycles. The van der Waals surface area contributed by atoms with Crippen molar-refractivity contribution in [3.05, 3.63) is 179 Å². The number of allylic oxidation sites excluding steroid dienone is 2. The molecule has 14 nitrogen and oxygen atoms in total. The molecule has 9 rings (SSSR count). The van der Waals surface area contributed by atoms with E-state index >= 15 is 4.39 Å². The van der Waals surface area contributed by atoms with Gasteiger partial charge in [-0.15, -0.1) is 17.5 Å². The Morgan fingerprint density at radius 2 is 1.16 bits per heavy atom. The quantitative estimate of drug-likeness (QED) is 0.0350. The Morgan fingerprint density at radius 1 is 0.611 bits per heavy atom. The number of Topliss-reactive ketones (excluding diaryl/α,β-unsaturated/α-hetero) is 2. The third-order valence-electron chi connectivity index (χ3n) is 15.8. The highest BCUT2D eigenvalue weighted by Gasteiger charge is 2.25. The number of fused-ring (bicyclic) bond motifs is 2. The normalized spacial score (nSPS) is 13.8. The highest BCUT2D eigenvalue weighted by molar-refractivity contribution is 6.01. The molecular weight excluding hydrogens is 1160 g/mol. The van der Waals surface area contributed by atoms with Crippen LogP contribution in [0.1, 0.15) is 191 Å². The van der Waals surface area contributed by atoms with Gasteiger partial charge in [0.15, 0.2) is 6.23 Å². The number of ether oxygens (including phenoxy) is 4. The van der Waals surface area contributed by atoms with Gasteiger partial charge in [-0.3, -0.25) is 14.7 Å². The van der Waals surface area contributed by atoms with Crippen LogP contribution in [0.25, 0.3) is 44.1 Å². The first-order chi connectivity index (χ1) is 43.2. The lowest BCUT2D eigenvalue weighted by Gasteiger charge is -2.27. The number of nitrogens with zero attached hydrogens (tertiary/aromatic N) is 6. The molecule has 4 aromatic carbocycles. The Labute approximate surface area is 535 Å². The second kappa shape index (κ2) is 34.8. The lowest BCUT2D eigenvalue weighted by molar-refractivity contribution is -0.119. The van der Waals surface area contributed by atoms with E-state index in [1.807, 2.05) is 138 Å². The second-order valence-corrected chi connectivity index (χ2v) is 23.4. The molecule has 1 atom stereocenters. The van der Waals surface area contributed by atoms with E-state index in [0.717, 1.165) is 120 Å². The van der Waals surface area contributed by atoms with Gasteiger partial charge in [0.25, 0.3) is 0 Å². The molecule has 8 aromatic rings. The summed E-state index contributed by atoms with van der Waals surface area (Å²) in [7, 11) is 0.